The molecule has 0 saturated carbocycles. The van der Waals surface area contributed by atoms with Gasteiger partial charge in [0.05, 0.1) is 0 Å². The Bertz CT molecular complexity index is 1180. The summed E-state index contributed by atoms with van der Waals surface area (Å²) >= 11 is 0. The molecule has 1 amide bonds. The number of esters is 1. The van der Waals surface area contributed by atoms with E-state index in [2.05, 4.69) is 5.32 Å². The van der Waals surface area contributed by atoms with Crippen molar-refractivity contribution in [3.05, 3.63) is 69.1 Å². The quantitative estimate of drug-likeness (QED) is 0.381. The van der Waals surface area contributed by atoms with Crippen LogP contribution in [0.3, 0.4) is 0 Å². The molecule has 0 aliphatic carbocycles. The van der Waals surface area contributed by atoms with Gasteiger partial charge in [-0.2, -0.15) is 0 Å². The number of nitrogens with one attached hydrogen (secondary N) is 1. The van der Waals surface area contributed by atoms with Crippen molar-refractivity contribution in [1.29, 1.82) is 0 Å². The third kappa shape index (κ3) is 4.51. The topological polar surface area (TPSA) is 94.8 Å². The SMILES string of the molecule is CCNC(=O)c1cc2ccc(OC(=O)COc3c(C)ccc(C)c3C)cc2oc1=O. The molecule has 2 aromatic carbocycles. The van der Waals surface area contributed by atoms with Gasteiger partial charge >= 0.3 is 11.6 Å². The van der Waals surface area contributed by atoms with Crippen LogP contribution in [0.15, 0.2) is 45.6 Å². The van der Waals surface area contributed by atoms with Crippen LogP contribution in [0.25, 0.3) is 11.0 Å². The lowest BCUT2D eigenvalue weighted by atomic mass is 10.1. The number of fused-ring (bicyclic) bond motifs is 1. The molecule has 1 aromatic heterocycles. The minimum absolute atomic E-state index is 0.0774. The Balaban J connectivity index is 1.74. The summed E-state index contributed by atoms with van der Waals surface area (Å²) in [4.78, 5) is 36.2. The maximum atomic E-state index is 12.2. The van der Waals surface area contributed by atoms with Crippen molar-refractivity contribution >= 4 is 22.8 Å². The number of aryl methyl sites for hydroxylation is 2. The van der Waals surface area contributed by atoms with Crippen LogP contribution in [0.4, 0.5) is 0 Å². The van der Waals surface area contributed by atoms with E-state index in [0.29, 0.717) is 17.7 Å². The molecule has 7 nitrogen and oxygen atoms in total. The summed E-state index contributed by atoms with van der Waals surface area (Å²) in [6.45, 7) is 7.71. The fraction of sp³-hybridized carbons (Fsp3) is 0.261. The highest BCUT2D eigenvalue weighted by Crippen LogP contribution is 2.26. The van der Waals surface area contributed by atoms with Gasteiger partial charge in [-0.3, -0.25) is 4.79 Å². The Hall–Kier alpha value is -3.61. The lowest BCUT2D eigenvalue weighted by molar-refractivity contribution is -0.136. The van der Waals surface area contributed by atoms with E-state index in [0.717, 1.165) is 16.7 Å². The molecule has 0 spiro atoms. The Labute approximate surface area is 173 Å². The highest BCUT2D eigenvalue weighted by Gasteiger charge is 2.15. The first-order chi connectivity index (χ1) is 14.3. The van der Waals surface area contributed by atoms with Crippen LogP contribution in [0.1, 0.15) is 34.0 Å². The molecule has 7 heteroatoms. The van der Waals surface area contributed by atoms with Gasteiger partial charge in [0.1, 0.15) is 22.6 Å². The van der Waals surface area contributed by atoms with E-state index >= 15 is 0 Å². The summed E-state index contributed by atoms with van der Waals surface area (Å²) < 4.78 is 16.2. The lowest BCUT2D eigenvalue weighted by Gasteiger charge is -2.13. The molecule has 1 heterocycles. The Morgan fingerprint density at radius 2 is 1.77 bits per heavy atom. The van der Waals surface area contributed by atoms with Gasteiger partial charge in [-0.25, -0.2) is 9.59 Å². The second-order valence-electron chi connectivity index (χ2n) is 6.92. The largest absolute Gasteiger partial charge is 0.481 e. The molecular formula is C23H23NO6. The van der Waals surface area contributed by atoms with Gasteiger partial charge in [0.2, 0.25) is 0 Å². The smallest absolute Gasteiger partial charge is 0.349 e. The summed E-state index contributed by atoms with van der Waals surface area (Å²) in [6.07, 6.45) is 0. The molecule has 0 aliphatic heterocycles. The second-order valence-corrected chi connectivity index (χ2v) is 6.92. The molecule has 30 heavy (non-hydrogen) atoms. The normalized spacial score (nSPS) is 10.7. The zero-order valence-corrected chi connectivity index (χ0v) is 17.3. The van der Waals surface area contributed by atoms with Crippen LogP contribution in [-0.4, -0.2) is 25.0 Å². The Kier molecular flexibility index (Phi) is 6.20. The number of hydrogen-bond acceptors (Lipinski definition) is 6. The van der Waals surface area contributed by atoms with Gasteiger partial charge < -0.3 is 19.2 Å². The Morgan fingerprint density at radius 3 is 2.50 bits per heavy atom. The molecule has 0 fully saturated rings. The summed E-state index contributed by atoms with van der Waals surface area (Å²) in [6, 6.07) is 9.98. The average molecular weight is 409 g/mol. The molecule has 0 radical (unpaired) electrons. The van der Waals surface area contributed by atoms with E-state index in [4.69, 9.17) is 13.9 Å². The average Bonchev–Trinajstić information content (AvgIpc) is 2.70. The third-order valence-electron chi connectivity index (χ3n) is 4.73. The van der Waals surface area contributed by atoms with Crippen molar-refractivity contribution in [3.8, 4) is 11.5 Å². The minimum atomic E-state index is -0.759. The van der Waals surface area contributed by atoms with Crippen molar-refractivity contribution in [2.24, 2.45) is 0 Å². The standard InChI is InChI=1S/C23H23NO6/c1-5-24-22(26)18-10-16-8-9-17(11-19(16)30-23(18)27)29-20(25)12-28-21-14(3)7-6-13(2)15(21)4/h6-11H,5,12H2,1-4H3,(H,24,26). The van der Waals surface area contributed by atoms with Crippen LogP contribution in [-0.2, 0) is 4.79 Å². The zero-order chi connectivity index (χ0) is 21.8. The zero-order valence-electron chi connectivity index (χ0n) is 17.3. The number of rotatable bonds is 6. The molecule has 3 rings (SSSR count). The summed E-state index contributed by atoms with van der Waals surface area (Å²) in [5, 5.41) is 3.10. The summed E-state index contributed by atoms with van der Waals surface area (Å²) in [5.74, 6) is -0.212. The van der Waals surface area contributed by atoms with Crippen molar-refractivity contribution in [3.63, 3.8) is 0 Å². The van der Waals surface area contributed by atoms with E-state index in [1.165, 1.54) is 12.1 Å². The fourth-order valence-electron chi connectivity index (χ4n) is 3.01. The van der Waals surface area contributed by atoms with E-state index in [1.807, 2.05) is 32.9 Å². The van der Waals surface area contributed by atoms with Crippen molar-refractivity contribution in [2.45, 2.75) is 27.7 Å². The number of hydrogen-bond donors (Lipinski definition) is 1. The number of ether oxygens (including phenoxy) is 2. The van der Waals surface area contributed by atoms with E-state index in [9.17, 15) is 14.4 Å². The van der Waals surface area contributed by atoms with Crippen LogP contribution in [0.2, 0.25) is 0 Å². The maximum absolute atomic E-state index is 12.2. The van der Waals surface area contributed by atoms with Gasteiger partial charge in [0.25, 0.3) is 5.91 Å². The highest BCUT2D eigenvalue weighted by molar-refractivity contribution is 5.96. The third-order valence-corrected chi connectivity index (χ3v) is 4.73. The monoisotopic (exact) mass is 409 g/mol. The van der Waals surface area contributed by atoms with Crippen molar-refractivity contribution in [1.82, 2.24) is 5.32 Å². The predicted molar refractivity (Wildman–Crippen MR) is 112 cm³/mol. The predicted octanol–water partition coefficient (Wildman–Crippen LogP) is 3.45. The summed E-state index contributed by atoms with van der Waals surface area (Å²) in [7, 11) is 0. The first-order valence-electron chi connectivity index (χ1n) is 9.56. The van der Waals surface area contributed by atoms with Gasteiger partial charge in [-0.15, -0.1) is 0 Å². The lowest BCUT2D eigenvalue weighted by Crippen LogP contribution is -2.27. The maximum Gasteiger partial charge on any atom is 0.349 e. The molecule has 0 saturated heterocycles. The molecule has 0 unspecified atom stereocenters. The first-order valence-corrected chi connectivity index (χ1v) is 9.56. The second kappa shape index (κ2) is 8.82. The van der Waals surface area contributed by atoms with E-state index < -0.39 is 17.5 Å². The van der Waals surface area contributed by atoms with E-state index in [-0.39, 0.29) is 23.5 Å². The molecule has 0 atom stereocenters. The minimum Gasteiger partial charge on any atom is -0.481 e. The van der Waals surface area contributed by atoms with Gasteiger partial charge in [-0.1, -0.05) is 12.1 Å². The van der Waals surface area contributed by atoms with E-state index in [1.54, 1.807) is 19.1 Å². The summed E-state index contributed by atoms with van der Waals surface area (Å²) in [5.41, 5.74) is 2.35. The number of carbonyl (C=O) groups excluding carboxylic acids is 2. The molecule has 156 valence electrons. The highest BCUT2D eigenvalue weighted by atomic mass is 16.6. The van der Waals surface area contributed by atoms with Gasteiger partial charge in [0.15, 0.2) is 6.61 Å². The molecule has 0 bridgehead atoms. The molecule has 3 aromatic rings. The molecular weight excluding hydrogens is 386 g/mol. The Morgan fingerprint density at radius 1 is 1.03 bits per heavy atom. The van der Waals surface area contributed by atoms with Crippen LogP contribution >= 0.6 is 0 Å². The van der Waals surface area contributed by atoms with Crippen LogP contribution in [0.5, 0.6) is 11.5 Å². The molecule has 0 aliphatic rings. The van der Waals surface area contributed by atoms with Gasteiger partial charge in [0, 0.05) is 18.0 Å². The number of benzene rings is 2. The molecule has 1 N–H and O–H groups in total. The fourth-order valence-corrected chi connectivity index (χ4v) is 3.01. The first kappa shape index (κ1) is 21.1. The van der Waals surface area contributed by atoms with Gasteiger partial charge in [-0.05, 0) is 62.6 Å². The number of amides is 1. The van der Waals surface area contributed by atoms with Crippen LogP contribution < -0.4 is 20.4 Å². The van der Waals surface area contributed by atoms with Crippen molar-refractivity contribution in [2.75, 3.05) is 13.2 Å². The van der Waals surface area contributed by atoms with Crippen molar-refractivity contribution < 1.29 is 23.5 Å². The number of carbonyl (C=O) groups is 2. The van der Waals surface area contributed by atoms with Crippen LogP contribution in [0, 0.1) is 20.8 Å².